The maximum absolute atomic E-state index is 13.0. The van der Waals surface area contributed by atoms with Gasteiger partial charge >= 0.3 is 0 Å². The van der Waals surface area contributed by atoms with Crippen LogP contribution in [0.15, 0.2) is 30.3 Å². The van der Waals surface area contributed by atoms with E-state index in [2.05, 4.69) is 17.1 Å². The Morgan fingerprint density at radius 1 is 1.21 bits per heavy atom. The van der Waals surface area contributed by atoms with E-state index in [-0.39, 0.29) is 17.7 Å². The van der Waals surface area contributed by atoms with E-state index < -0.39 is 0 Å². The Kier molecular flexibility index (Phi) is 4.56. The van der Waals surface area contributed by atoms with E-state index in [9.17, 15) is 9.59 Å². The molecule has 0 unspecified atom stereocenters. The first-order chi connectivity index (χ1) is 11.5. The molecule has 1 aliphatic rings. The van der Waals surface area contributed by atoms with Crippen LogP contribution in [0.3, 0.4) is 0 Å². The quantitative estimate of drug-likeness (QED) is 0.872. The first kappa shape index (κ1) is 16.5. The van der Waals surface area contributed by atoms with Crippen molar-refractivity contribution < 1.29 is 9.59 Å². The number of hydrogen-bond acceptors (Lipinski definition) is 2. The summed E-state index contributed by atoms with van der Waals surface area (Å²) >= 11 is 0. The summed E-state index contributed by atoms with van der Waals surface area (Å²) in [5.74, 6) is 0.0177. The molecule has 3 rings (SSSR count). The molecule has 0 radical (unpaired) electrons. The number of aromatic nitrogens is 1. The number of H-pyrrole nitrogens is 1. The molecule has 0 bridgehead atoms. The van der Waals surface area contributed by atoms with Gasteiger partial charge in [0.25, 0.3) is 5.91 Å². The van der Waals surface area contributed by atoms with Crippen LogP contribution in [0.1, 0.15) is 57.4 Å². The molecule has 126 valence electrons. The zero-order valence-electron chi connectivity index (χ0n) is 14.6. The summed E-state index contributed by atoms with van der Waals surface area (Å²) in [6, 6.07) is 10.5. The summed E-state index contributed by atoms with van der Waals surface area (Å²) < 4.78 is 0. The maximum atomic E-state index is 13.0. The Morgan fingerprint density at radius 2 is 1.92 bits per heavy atom. The minimum Gasteiger partial charge on any atom is -0.354 e. The van der Waals surface area contributed by atoms with Gasteiger partial charge in [0.2, 0.25) is 0 Å². The number of likely N-dealkylation sites (tertiary alicyclic amines) is 1. The minimum absolute atomic E-state index is 0.00237. The van der Waals surface area contributed by atoms with Gasteiger partial charge in [-0.2, -0.15) is 0 Å². The molecule has 1 N–H and O–H groups in total. The summed E-state index contributed by atoms with van der Waals surface area (Å²) in [6.07, 6.45) is 2.94. The van der Waals surface area contributed by atoms with E-state index >= 15 is 0 Å². The molecule has 1 aromatic heterocycles. The molecule has 0 saturated carbocycles. The number of benzene rings is 1. The van der Waals surface area contributed by atoms with Crippen molar-refractivity contribution in [3.63, 3.8) is 0 Å². The second-order valence-corrected chi connectivity index (χ2v) is 6.67. The van der Waals surface area contributed by atoms with Gasteiger partial charge in [0.05, 0.1) is 0 Å². The second-order valence-electron chi connectivity index (χ2n) is 6.67. The topological polar surface area (TPSA) is 53.2 Å². The highest BCUT2D eigenvalue weighted by molar-refractivity contribution is 6.02. The Labute approximate surface area is 142 Å². The number of amides is 1. The highest BCUT2D eigenvalue weighted by Gasteiger charge is 2.32. The lowest BCUT2D eigenvalue weighted by atomic mass is 10.0. The van der Waals surface area contributed by atoms with Crippen LogP contribution in [-0.4, -0.2) is 34.2 Å². The van der Waals surface area contributed by atoms with E-state index in [1.165, 1.54) is 5.56 Å². The molecule has 1 fully saturated rings. The standard InChI is InChI=1S/C20H24N2O2/c1-13-18(15(3)23)14(2)21-19(13)20(24)22-11-7-10-17(22)12-16-8-5-4-6-9-16/h4-6,8-9,17,21H,7,10-12H2,1-3H3/t17-/m1/s1. The van der Waals surface area contributed by atoms with Gasteiger partial charge in [-0.3, -0.25) is 9.59 Å². The zero-order valence-corrected chi connectivity index (χ0v) is 14.6. The van der Waals surface area contributed by atoms with Crippen LogP contribution in [0, 0.1) is 13.8 Å². The van der Waals surface area contributed by atoms with Gasteiger partial charge < -0.3 is 9.88 Å². The fourth-order valence-corrected chi connectivity index (χ4v) is 3.84. The molecule has 4 nitrogen and oxygen atoms in total. The van der Waals surface area contributed by atoms with Gasteiger partial charge in [0.15, 0.2) is 5.78 Å². The molecule has 1 aliphatic heterocycles. The van der Waals surface area contributed by atoms with Crippen molar-refractivity contribution in [1.29, 1.82) is 0 Å². The van der Waals surface area contributed by atoms with Crippen molar-refractivity contribution in [1.82, 2.24) is 9.88 Å². The number of aromatic amines is 1. The van der Waals surface area contributed by atoms with Crippen molar-refractivity contribution in [2.75, 3.05) is 6.54 Å². The number of hydrogen-bond donors (Lipinski definition) is 1. The van der Waals surface area contributed by atoms with E-state index in [0.717, 1.165) is 37.1 Å². The average molecular weight is 324 g/mol. The van der Waals surface area contributed by atoms with Crippen LogP contribution in [0.5, 0.6) is 0 Å². The van der Waals surface area contributed by atoms with Gasteiger partial charge in [-0.15, -0.1) is 0 Å². The van der Waals surface area contributed by atoms with Crippen LogP contribution in [0.25, 0.3) is 0 Å². The molecule has 1 aromatic carbocycles. The molecular formula is C20H24N2O2. The fraction of sp³-hybridized carbons (Fsp3) is 0.400. The van der Waals surface area contributed by atoms with Gasteiger partial charge in [-0.05, 0) is 51.2 Å². The van der Waals surface area contributed by atoms with E-state index in [4.69, 9.17) is 0 Å². The highest BCUT2D eigenvalue weighted by atomic mass is 16.2. The number of nitrogens with one attached hydrogen (secondary N) is 1. The summed E-state index contributed by atoms with van der Waals surface area (Å²) in [4.78, 5) is 30.0. The third-order valence-corrected chi connectivity index (χ3v) is 4.96. The first-order valence-electron chi connectivity index (χ1n) is 8.54. The zero-order chi connectivity index (χ0) is 17.3. The van der Waals surface area contributed by atoms with E-state index in [0.29, 0.717) is 11.3 Å². The normalized spacial score (nSPS) is 17.3. The molecule has 1 amide bonds. The largest absolute Gasteiger partial charge is 0.354 e. The van der Waals surface area contributed by atoms with Crippen LogP contribution in [0.2, 0.25) is 0 Å². The number of Topliss-reactive ketones (excluding diaryl/α,β-unsaturated/α-hetero) is 1. The van der Waals surface area contributed by atoms with Crippen molar-refractivity contribution in [2.45, 2.75) is 46.1 Å². The summed E-state index contributed by atoms with van der Waals surface area (Å²) in [7, 11) is 0. The average Bonchev–Trinajstić information content (AvgIpc) is 3.12. The summed E-state index contributed by atoms with van der Waals surface area (Å²) in [5, 5.41) is 0. The lowest BCUT2D eigenvalue weighted by Gasteiger charge is -2.25. The number of carbonyl (C=O) groups is 2. The van der Waals surface area contributed by atoms with Crippen molar-refractivity contribution in [2.24, 2.45) is 0 Å². The third kappa shape index (κ3) is 3.01. The SMILES string of the molecule is CC(=O)c1c(C)[nH]c(C(=O)N2CCC[C@@H]2Cc2ccccc2)c1C. The predicted molar refractivity (Wildman–Crippen MR) is 94.5 cm³/mol. The summed E-state index contributed by atoms with van der Waals surface area (Å²) in [5.41, 5.74) is 4.03. The highest BCUT2D eigenvalue weighted by Crippen LogP contribution is 2.26. The van der Waals surface area contributed by atoms with Gasteiger partial charge in [0, 0.05) is 23.8 Å². The maximum Gasteiger partial charge on any atom is 0.270 e. The van der Waals surface area contributed by atoms with Crippen molar-refractivity contribution in [3.8, 4) is 0 Å². The molecule has 1 atom stereocenters. The molecule has 4 heteroatoms. The lowest BCUT2D eigenvalue weighted by molar-refractivity contribution is 0.0730. The summed E-state index contributed by atoms with van der Waals surface area (Å²) in [6.45, 7) is 6.04. The van der Waals surface area contributed by atoms with Crippen LogP contribution in [-0.2, 0) is 6.42 Å². The van der Waals surface area contributed by atoms with Crippen LogP contribution >= 0.6 is 0 Å². The monoisotopic (exact) mass is 324 g/mol. The molecule has 24 heavy (non-hydrogen) atoms. The number of rotatable bonds is 4. The molecule has 0 aliphatic carbocycles. The van der Waals surface area contributed by atoms with Crippen molar-refractivity contribution in [3.05, 3.63) is 58.4 Å². The molecule has 0 spiro atoms. The molecule has 1 saturated heterocycles. The van der Waals surface area contributed by atoms with E-state index in [1.54, 1.807) is 6.92 Å². The van der Waals surface area contributed by atoms with Crippen LogP contribution in [0.4, 0.5) is 0 Å². The van der Waals surface area contributed by atoms with Crippen LogP contribution < -0.4 is 0 Å². The Balaban J connectivity index is 1.84. The Hall–Kier alpha value is -2.36. The molecular weight excluding hydrogens is 300 g/mol. The number of nitrogens with zero attached hydrogens (tertiary/aromatic N) is 1. The molecule has 2 aromatic rings. The predicted octanol–water partition coefficient (Wildman–Crippen LogP) is 3.68. The third-order valence-electron chi connectivity index (χ3n) is 4.96. The number of aryl methyl sites for hydroxylation is 1. The van der Waals surface area contributed by atoms with Crippen molar-refractivity contribution >= 4 is 11.7 Å². The number of carbonyl (C=O) groups excluding carboxylic acids is 2. The van der Waals surface area contributed by atoms with Gasteiger partial charge in [-0.25, -0.2) is 0 Å². The Bertz CT molecular complexity index is 761. The lowest BCUT2D eigenvalue weighted by Crippen LogP contribution is -2.37. The minimum atomic E-state index is 0.00237. The van der Waals surface area contributed by atoms with E-state index in [1.807, 2.05) is 36.9 Å². The van der Waals surface area contributed by atoms with Gasteiger partial charge in [-0.1, -0.05) is 30.3 Å². The molecule has 2 heterocycles. The number of ketones is 1. The smallest absolute Gasteiger partial charge is 0.270 e. The second kappa shape index (κ2) is 6.63. The first-order valence-corrected chi connectivity index (χ1v) is 8.54. The Morgan fingerprint density at radius 3 is 2.54 bits per heavy atom. The van der Waals surface area contributed by atoms with Gasteiger partial charge in [0.1, 0.15) is 5.69 Å². The fourth-order valence-electron chi connectivity index (χ4n) is 3.84.